The summed E-state index contributed by atoms with van der Waals surface area (Å²) in [5.74, 6) is 0.502. The predicted octanol–water partition coefficient (Wildman–Crippen LogP) is 5.55. The highest BCUT2D eigenvalue weighted by atomic mass is 16.5. The monoisotopic (exact) mass is 382 g/mol. The third kappa shape index (κ3) is 4.11. The van der Waals surface area contributed by atoms with Crippen molar-refractivity contribution in [1.82, 2.24) is 5.43 Å². The summed E-state index contributed by atoms with van der Waals surface area (Å²) in [5.41, 5.74) is 4.15. The Bertz CT molecular complexity index is 1130. The Morgan fingerprint density at radius 2 is 1.55 bits per heavy atom. The number of hydrazone groups is 1. The molecule has 0 atom stereocenters. The predicted molar refractivity (Wildman–Crippen MR) is 119 cm³/mol. The molecule has 1 N–H and O–H groups in total. The van der Waals surface area contributed by atoms with Crippen molar-refractivity contribution in [1.29, 1.82) is 0 Å². The lowest BCUT2D eigenvalue weighted by Crippen LogP contribution is -2.17. The zero-order chi connectivity index (χ0) is 20.1. The van der Waals surface area contributed by atoms with Gasteiger partial charge in [-0.05, 0) is 58.3 Å². The van der Waals surface area contributed by atoms with Crippen LogP contribution < -0.4 is 10.2 Å². The Morgan fingerprint density at radius 3 is 2.17 bits per heavy atom. The summed E-state index contributed by atoms with van der Waals surface area (Å²) in [6, 6.07) is 25.6. The Labute approximate surface area is 169 Å². The SMILES string of the molecule is CCCOc1ccc(C(=O)N/N=C\c2c3ccccc3cc3ccccc23)cc1. The molecular weight excluding hydrogens is 360 g/mol. The fourth-order valence-corrected chi connectivity index (χ4v) is 3.33. The Hall–Kier alpha value is -3.66. The minimum atomic E-state index is -0.257. The Balaban J connectivity index is 1.57. The van der Waals surface area contributed by atoms with Crippen molar-refractivity contribution in [3.05, 3.63) is 90.0 Å². The summed E-state index contributed by atoms with van der Waals surface area (Å²) in [4.78, 5) is 12.4. The number of amides is 1. The number of carbonyl (C=O) groups excluding carboxylic acids is 1. The molecule has 4 nitrogen and oxygen atoms in total. The number of benzene rings is 4. The molecule has 0 saturated carbocycles. The van der Waals surface area contributed by atoms with E-state index in [-0.39, 0.29) is 5.91 Å². The largest absolute Gasteiger partial charge is 0.494 e. The van der Waals surface area contributed by atoms with Crippen LogP contribution in [0.25, 0.3) is 21.5 Å². The molecule has 0 radical (unpaired) electrons. The van der Waals surface area contributed by atoms with E-state index in [1.165, 1.54) is 0 Å². The zero-order valence-electron chi connectivity index (χ0n) is 16.3. The molecule has 0 unspecified atom stereocenters. The van der Waals surface area contributed by atoms with Gasteiger partial charge in [0.2, 0.25) is 0 Å². The molecule has 0 aliphatic carbocycles. The van der Waals surface area contributed by atoms with Gasteiger partial charge in [-0.3, -0.25) is 4.79 Å². The number of nitrogens with one attached hydrogen (secondary N) is 1. The summed E-state index contributed by atoms with van der Waals surface area (Å²) in [7, 11) is 0. The quantitative estimate of drug-likeness (QED) is 0.270. The van der Waals surface area contributed by atoms with E-state index in [2.05, 4.69) is 47.8 Å². The van der Waals surface area contributed by atoms with Gasteiger partial charge < -0.3 is 4.74 Å². The molecule has 0 aromatic heterocycles. The van der Waals surface area contributed by atoms with Gasteiger partial charge in [-0.1, -0.05) is 55.5 Å². The van der Waals surface area contributed by atoms with Gasteiger partial charge in [0, 0.05) is 11.1 Å². The van der Waals surface area contributed by atoms with Gasteiger partial charge in [-0.2, -0.15) is 5.10 Å². The fraction of sp³-hybridized carbons (Fsp3) is 0.120. The molecule has 4 heteroatoms. The summed E-state index contributed by atoms with van der Waals surface area (Å²) in [6.07, 6.45) is 2.67. The first-order chi connectivity index (χ1) is 14.3. The third-order valence-electron chi connectivity index (χ3n) is 4.76. The van der Waals surface area contributed by atoms with Crippen LogP contribution in [0.15, 0.2) is 84.0 Å². The minimum Gasteiger partial charge on any atom is -0.494 e. The Kier molecular flexibility index (Phi) is 5.52. The summed E-state index contributed by atoms with van der Waals surface area (Å²) < 4.78 is 5.55. The third-order valence-corrected chi connectivity index (χ3v) is 4.76. The van der Waals surface area contributed by atoms with Crippen molar-refractivity contribution >= 4 is 33.7 Å². The van der Waals surface area contributed by atoms with E-state index < -0.39 is 0 Å². The standard InChI is InChI=1S/C25H22N2O2/c1-2-15-29-21-13-11-18(12-14-21)25(28)27-26-17-24-22-9-5-3-7-19(22)16-20-8-4-6-10-23(20)24/h3-14,16-17H,2,15H2,1H3,(H,27,28)/b26-17-. The van der Waals surface area contributed by atoms with Crippen molar-refractivity contribution in [2.45, 2.75) is 13.3 Å². The number of carbonyl (C=O) groups is 1. The van der Waals surface area contributed by atoms with Crippen LogP contribution >= 0.6 is 0 Å². The molecule has 4 rings (SSSR count). The maximum atomic E-state index is 12.4. The number of nitrogens with zero attached hydrogens (tertiary/aromatic N) is 1. The normalized spacial score (nSPS) is 11.2. The Morgan fingerprint density at radius 1 is 0.931 bits per heavy atom. The number of hydrogen-bond donors (Lipinski definition) is 1. The molecule has 0 spiro atoms. The average Bonchev–Trinajstić information content (AvgIpc) is 2.77. The molecule has 0 fully saturated rings. The van der Waals surface area contributed by atoms with Crippen LogP contribution in [0.3, 0.4) is 0 Å². The highest BCUT2D eigenvalue weighted by Crippen LogP contribution is 2.27. The lowest BCUT2D eigenvalue weighted by Gasteiger charge is -2.08. The van der Waals surface area contributed by atoms with Crippen LogP contribution in [-0.4, -0.2) is 18.7 Å². The van der Waals surface area contributed by atoms with E-state index in [4.69, 9.17) is 4.74 Å². The molecular formula is C25H22N2O2. The minimum absolute atomic E-state index is 0.257. The summed E-state index contributed by atoms with van der Waals surface area (Å²) in [5, 5.41) is 8.71. The van der Waals surface area contributed by atoms with Crippen LogP contribution in [-0.2, 0) is 0 Å². The van der Waals surface area contributed by atoms with Gasteiger partial charge in [0.1, 0.15) is 5.75 Å². The van der Waals surface area contributed by atoms with E-state index in [0.717, 1.165) is 39.3 Å². The maximum absolute atomic E-state index is 12.4. The second kappa shape index (κ2) is 8.57. The fourth-order valence-electron chi connectivity index (χ4n) is 3.33. The van der Waals surface area contributed by atoms with Gasteiger partial charge in [0.15, 0.2) is 0 Å². The van der Waals surface area contributed by atoms with Crippen LogP contribution in [0.2, 0.25) is 0 Å². The van der Waals surface area contributed by atoms with Gasteiger partial charge in [-0.15, -0.1) is 0 Å². The lowest BCUT2D eigenvalue weighted by atomic mass is 9.97. The van der Waals surface area contributed by atoms with Crippen molar-refractivity contribution in [2.75, 3.05) is 6.61 Å². The molecule has 144 valence electrons. The second-order valence-electron chi connectivity index (χ2n) is 6.80. The van der Waals surface area contributed by atoms with Crippen molar-refractivity contribution in [3.8, 4) is 5.75 Å². The zero-order valence-corrected chi connectivity index (χ0v) is 16.3. The van der Waals surface area contributed by atoms with Gasteiger partial charge in [0.25, 0.3) is 5.91 Å². The number of fused-ring (bicyclic) bond motifs is 2. The van der Waals surface area contributed by atoms with Gasteiger partial charge >= 0.3 is 0 Å². The van der Waals surface area contributed by atoms with Crippen LogP contribution in [0.1, 0.15) is 29.3 Å². The topological polar surface area (TPSA) is 50.7 Å². The van der Waals surface area contributed by atoms with Crippen LogP contribution in [0.5, 0.6) is 5.75 Å². The number of rotatable bonds is 6. The average molecular weight is 382 g/mol. The van der Waals surface area contributed by atoms with Crippen LogP contribution in [0, 0.1) is 0 Å². The van der Waals surface area contributed by atoms with Gasteiger partial charge in [0.05, 0.1) is 12.8 Å². The molecule has 0 bridgehead atoms. The summed E-state index contributed by atoms with van der Waals surface area (Å²) in [6.45, 7) is 2.72. The molecule has 0 aliphatic rings. The van der Waals surface area contributed by atoms with E-state index >= 15 is 0 Å². The highest BCUT2D eigenvalue weighted by molar-refractivity contribution is 6.13. The van der Waals surface area contributed by atoms with E-state index in [9.17, 15) is 4.79 Å². The molecule has 0 aliphatic heterocycles. The van der Waals surface area contributed by atoms with Crippen molar-refractivity contribution in [3.63, 3.8) is 0 Å². The molecule has 29 heavy (non-hydrogen) atoms. The first kappa shape index (κ1) is 18.7. The van der Waals surface area contributed by atoms with E-state index in [1.54, 1.807) is 30.5 Å². The first-order valence-electron chi connectivity index (χ1n) is 9.73. The highest BCUT2D eigenvalue weighted by Gasteiger charge is 2.07. The van der Waals surface area contributed by atoms with Gasteiger partial charge in [-0.25, -0.2) is 5.43 Å². The number of hydrogen-bond acceptors (Lipinski definition) is 3. The maximum Gasteiger partial charge on any atom is 0.271 e. The van der Waals surface area contributed by atoms with Crippen molar-refractivity contribution < 1.29 is 9.53 Å². The lowest BCUT2D eigenvalue weighted by molar-refractivity contribution is 0.0955. The van der Waals surface area contributed by atoms with E-state index in [0.29, 0.717) is 12.2 Å². The first-order valence-corrected chi connectivity index (χ1v) is 9.73. The molecule has 4 aromatic carbocycles. The molecule has 0 heterocycles. The van der Waals surface area contributed by atoms with Crippen molar-refractivity contribution in [2.24, 2.45) is 5.10 Å². The second-order valence-corrected chi connectivity index (χ2v) is 6.80. The molecule has 1 amide bonds. The van der Waals surface area contributed by atoms with Crippen LogP contribution in [0.4, 0.5) is 0 Å². The number of ether oxygens (including phenoxy) is 1. The molecule has 0 saturated heterocycles. The van der Waals surface area contributed by atoms with E-state index in [1.807, 2.05) is 24.3 Å². The molecule has 4 aromatic rings. The smallest absolute Gasteiger partial charge is 0.271 e. The summed E-state index contributed by atoms with van der Waals surface area (Å²) >= 11 is 0.